The summed E-state index contributed by atoms with van der Waals surface area (Å²) in [7, 11) is 0. The highest BCUT2D eigenvalue weighted by Gasteiger charge is 2.43. The Morgan fingerprint density at radius 1 is 0.917 bits per heavy atom. The number of likely N-dealkylation sites (tertiary alicyclic amines) is 1. The molecule has 2 N–H and O–H groups in total. The minimum atomic E-state index is -0.861. The van der Waals surface area contributed by atoms with Gasteiger partial charge in [-0.15, -0.1) is 0 Å². The van der Waals surface area contributed by atoms with Gasteiger partial charge in [-0.25, -0.2) is 4.98 Å². The maximum absolute atomic E-state index is 13.6. The number of rotatable bonds is 4. The van der Waals surface area contributed by atoms with Crippen LogP contribution in [0.4, 0.5) is 0 Å². The van der Waals surface area contributed by atoms with Crippen LogP contribution in [0.25, 0.3) is 22.4 Å². The lowest BCUT2D eigenvalue weighted by atomic mass is 9.72. The van der Waals surface area contributed by atoms with Gasteiger partial charge in [-0.1, -0.05) is 48.5 Å². The summed E-state index contributed by atoms with van der Waals surface area (Å²) in [5, 5.41) is 0.659. The second-order valence-corrected chi connectivity index (χ2v) is 8.91. The Morgan fingerprint density at radius 3 is 2.33 bits per heavy atom. The Labute approximate surface area is 208 Å². The second kappa shape index (κ2) is 9.65. The van der Waals surface area contributed by atoms with Crippen LogP contribution in [0, 0.1) is 0 Å². The number of nitrogens with one attached hydrogen (secondary N) is 2. The number of hydrogen-bond donors (Lipinski definition) is 2. The summed E-state index contributed by atoms with van der Waals surface area (Å²) in [6, 6.07) is 22.0. The predicted molar refractivity (Wildman–Crippen MR) is 135 cm³/mol. The van der Waals surface area contributed by atoms with Gasteiger partial charge in [-0.2, -0.15) is 0 Å². The first-order valence-corrected chi connectivity index (χ1v) is 11.8. The van der Waals surface area contributed by atoms with Gasteiger partial charge in [0, 0.05) is 25.4 Å². The third-order valence-electron chi connectivity index (χ3n) is 6.85. The molecule has 0 aliphatic carbocycles. The number of carbonyl (C=O) groups excluding carboxylic acids is 3. The van der Waals surface area contributed by atoms with Gasteiger partial charge in [-0.3, -0.25) is 25.2 Å². The van der Waals surface area contributed by atoms with E-state index in [2.05, 4.69) is 15.8 Å². The summed E-state index contributed by atoms with van der Waals surface area (Å²) >= 11 is 0. The van der Waals surface area contributed by atoms with Crippen LogP contribution in [0.15, 0.2) is 83.5 Å². The van der Waals surface area contributed by atoms with Crippen LogP contribution in [0.2, 0.25) is 0 Å². The molecule has 182 valence electrons. The van der Waals surface area contributed by atoms with Crippen molar-refractivity contribution in [1.82, 2.24) is 20.7 Å². The third-order valence-corrected chi connectivity index (χ3v) is 6.85. The highest BCUT2D eigenvalue weighted by atomic mass is 16.3. The smallest absolute Gasteiger partial charge is 0.270 e. The maximum Gasteiger partial charge on any atom is 0.270 e. The fourth-order valence-corrected chi connectivity index (χ4v) is 4.82. The Hall–Kier alpha value is -4.46. The van der Waals surface area contributed by atoms with Crippen LogP contribution in [-0.2, 0) is 15.0 Å². The molecule has 1 saturated heterocycles. The molecule has 8 heteroatoms. The number of aromatic nitrogens is 1. The normalized spacial score (nSPS) is 14.9. The Balaban J connectivity index is 1.41. The molecule has 3 amide bonds. The molecule has 4 aromatic rings. The highest BCUT2D eigenvalue weighted by Crippen LogP contribution is 2.36. The number of carbonyl (C=O) groups is 3. The molecule has 8 nitrogen and oxygen atoms in total. The van der Waals surface area contributed by atoms with Crippen LogP contribution >= 0.6 is 0 Å². The fourth-order valence-electron chi connectivity index (χ4n) is 4.82. The summed E-state index contributed by atoms with van der Waals surface area (Å²) < 4.78 is 5.48. The quantitative estimate of drug-likeness (QED) is 0.430. The standard InChI is InChI=1S/C28H26N4O4/c1-19(33)32-15-13-28(14-16-32,20-8-3-2-4-9-20)27(35)31-30-26(34)22-18-24(25-12-7-17-36-25)29-23-11-6-5-10-21(22)23/h2-12,17-18H,13-16H2,1H3,(H,30,34)(H,31,35). The van der Waals surface area contributed by atoms with E-state index in [-0.39, 0.29) is 11.8 Å². The number of furan rings is 1. The van der Waals surface area contributed by atoms with Crippen molar-refractivity contribution in [2.45, 2.75) is 25.2 Å². The van der Waals surface area contributed by atoms with E-state index < -0.39 is 11.3 Å². The van der Waals surface area contributed by atoms with Gasteiger partial charge in [0.25, 0.3) is 5.91 Å². The number of hydrogen-bond acceptors (Lipinski definition) is 5. The second-order valence-electron chi connectivity index (χ2n) is 8.91. The number of piperidine rings is 1. The molecular weight excluding hydrogens is 456 g/mol. The number of amides is 3. The van der Waals surface area contributed by atoms with Gasteiger partial charge >= 0.3 is 0 Å². The zero-order valence-corrected chi connectivity index (χ0v) is 19.9. The summed E-state index contributed by atoms with van der Waals surface area (Å²) in [5.74, 6) is -0.240. The minimum absolute atomic E-state index is 0.0118. The van der Waals surface area contributed by atoms with E-state index in [1.807, 2.05) is 54.6 Å². The highest BCUT2D eigenvalue weighted by molar-refractivity contribution is 6.07. The molecular formula is C28H26N4O4. The fraction of sp³-hybridized carbons (Fsp3) is 0.214. The lowest BCUT2D eigenvalue weighted by Gasteiger charge is -2.40. The summed E-state index contributed by atoms with van der Waals surface area (Å²) in [6.45, 7) is 2.46. The van der Waals surface area contributed by atoms with Crippen molar-refractivity contribution < 1.29 is 18.8 Å². The monoisotopic (exact) mass is 482 g/mol. The lowest BCUT2D eigenvalue weighted by molar-refractivity contribution is -0.135. The van der Waals surface area contributed by atoms with E-state index in [4.69, 9.17) is 4.42 Å². The molecule has 0 radical (unpaired) electrons. The first-order chi connectivity index (χ1) is 17.5. The zero-order chi connectivity index (χ0) is 25.1. The molecule has 1 aliphatic rings. The summed E-state index contributed by atoms with van der Waals surface area (Å²) in [4.78, 5) is 45.1. The molecule has 1 aliphatic heterocycles. The SMILES string of the molecule is CC(=O)N1CCC(C(=O)NNC(=O)c2cc(-c3ccco3)nc3ccccc23)(c2ccccc2)CC1. The van der Waals surface area contributed by atoms with Gasteiger partial charge in [0.05, 0.1) is 22.8 Å². The molecule has 5 rings (SSSR count). The van der Waals surface area contributed by atoms with Crippen LogP contribution < -0.4 is 10.9 Å². The van der Waals surface area contributed by atoms with E-state index in [9.17, 15) is 14.4 Å². The number of nitrogens with zero attached hydrogens (tertiary/aromatic N) is 2. The Kier molecular flexibility index (Phi) is 6.25. The van der Waals surface area contributed by atoms with E-state index in [1.54, 1.807) is 29.4 Å². The molecule has 0 unspecified atom stereocenters. The van der Waals surface area contributed by atoms with Crippen molar-refractivity contribution in [3.63, 3.8) is 0 Å². The maximum atomic E-state index is 13.6. The molecule has 1 fully saturated rings. The van der Waals surface area contributed by atoms with Gasteiger partial charge in [-0.05, 0) is 42.7 Å². The molecule has 36 heavy (non-hydrogen) atoms. The molecule has 2 aromatic heterocycles. The van der Waals surface area contributed by atoms with Crippen LogP contribution in [0.5, 0.6) is 0 Å². The molecule has 0 atom stereocenters. The minimum Gasteiger partial charge on any atom is -0.463 e. The molecule has 0 saturated carbocycles. The van der Waals surface area contributed by atoms with E-state index >= 15 is 0 Å². The van der Waals surface area contributed by atoms with Crippen LogP contribution in [0.3, 0.4) is 0 Å². The average Bonchev–Trinajstić information content (AvgIpc) is 3.46. The number of benzene rings is 2. The van der Waals surface area contributed by atoms with Crippen molar-refractivity contribution in [2.24, 2.45) is 0 Å². The van der Waals surface area contributed by atoms with Gasteiger partial charge in [0.15, 0.2) is 5.76 Å². The van der Waals surface area contributed by atoms with E-state index in [0.29, 0.717) is 53.9 Å². The third kappa shape index (κ3) is 4.33. The largest absolute Gasteiger partial charge is 0.463 e. The number of fused-ring (bicyclic) bond motifs is 1. The van der Waals surface area contributed by atoms with Crippen molar-refractivity contribution >= 4 is 28.6 Å². The van der Waals surface area contributed by atoms with Crippen LogP contribution in [0.1, 0.15) is 35.7 Å². The summed E-state index contributed by atoms with van der Waals surface area (Å²) in [5.41, 5.74) is 6.80. The average molecular weight is 483 g/mol. The van der Waals surface area contributed by atoms with Crippen molar-refractivity contribution in [3.05, 3.63) is 90.2 Å². The first kappa shape index (κ1) is 23.3. The topological polar surface area (TPSA) is 105 Å². The lowest BCUT2D eigenvalue weighted by Crippen LogP contribution is -2.56. The van der Waals surface area contributed by atoms with Crippen LogP contribution in [-0.4, -0.2) is 40.7 Å². The van der Waals surface area contributed by atoms with Crippen molar-refractivity contribution in [1.29, 1.82) is 0 Å². The molecule has 0 bridgehead atoms. The Bertz CT molecular complexity index is 1410. The number of hydrazine groups is 1. The first-order valence-electron chi connectivity index (χ1n) is 11.8. The summed E-state index contributed by atoms with van der Waals surface area (Å²) in [6.07, 6.45) is 2.46. The van der Waals surface area contributed by atoms with Gasteiger partial charge in [0.2, 0.25) is 11.8 Å². The zero-order valence-electron chi connectivity index (χ0n) is 19.9. The van der Waals surface area contributed by atoms with Crippen molar-refractivity contribution in [2.75, 3.05) is 13.1 Å². The van der Waals surface area contributed by atoms with E-state index in [0.717, 1.165) is 5.56 Å². The number of pyridine rings is 1. The molecule has 0 spiro atoms. The molecule has 3 heterocycles. The predicted octanol–water partition coefficient (Wildman–Crippen LogP) is 3.84. The van der Waals surface area contributed by atoms with Gasteiger partial charge in [0.1, 0.15) is 5.69 Å². The van der Waals surface area contributed by atoms with E-state index in [1.165, 1.54) is 6.92 Å². The molecule has 2 aromatic carbocycles. The Morgan fingerprint density at radius 2 is 1.64 bits per heavy atom. The van der Waals surface area contributed by atoms with Crippen molar-refractivity contribution in [3.8, 4) is 11.5 Å². The number of para-hydroxylation sites is 1. The van der Waals surface area contributed by atoms with Gasteiger partial charge < -0.3 is 9.32 Å².